The van der Waals surface area contributed by atoms with E-state index in [4.69, 9.17) is 9.47 Å². The van der Waals surface area contributed by atoms with Crippen LogP contribution < -0.4 is 0 Å². The number of fused-ring (bicyclic) bond motifs is 2. The first-order chi connectivity index (χ1) is 14.7. The van der Waals surface area contributed by atoms with Crippen LogP contribution in [0, 0.1) is 7.14 Å². The molecule has 0 heterocycles. The second-order valence-electron chi connectivity index (χ2n) is 7.75. The highest BCUT2D eigenvalue weighted by molar-refractivity contribution is 14.1. The lowest BCUT2D eigenvalue weighted by Crippen LogP contribution is -2.16. The minimum atomic E-state index is -0.206. The molecule has 2 aromatic rings. The Morgan fingerprint density at radius 1 is 0.839 bits per heavy atom. The molecule has 2 aliphatic rings. The van der Waals surface area contributed by atoms with Crippen LogP contribution in [0.2, 0.25) is 0 Å². The zero-order chi connectivity index (χ0) is 22.5. The van der Waals surface area contributed by atoms with Gasteiger partial charge in [-0.2, -0.15) is 0 Å². The lowest BCUT2D eigenvalue weighted by molar-refractivity contribution is -0.148. The summed E-state index contributed by atoms with van der Waals surface area (Å²) in [5, 5.41) is 0. The van der Waals surface area contributed by atoms with Gasteiger partial charge < -0.3 is 9.47 Å². The van der Waals surface area contributed by atoms with Gasteiger partial charge in [-0.3, -0.25) is 9.59 Å². The van der Waals surface area contributed by atoms with Crippen molar-refractivity contribution in [3.05, 3.63) is 65.8 Å². The van der Waals surface area contributed by atoms with Gasteiger partial charge in [-0.1, -0.05) is 28.1 Å². The molecule has 4 rings (SSSR count). The molecule has 0 aromatic heterocycles. The standard InChI is InChI=1S/C12H12BrIO2.C12H13IO2/c1-7(15)16-12-5-4-11(13)10-6-8(14)2-3-9(10)12;1-8(14)15-12-4-2-3-9-7-10(13)5-6-11(9)12/h2-3,6,11-12H,4-5H2,1H3;5-7,12H,2-4H2,1H3. The average Bonchev–Trinajstić information content (AvgIpc) is 2.70. The van der Waals surface area contributed by atoms with E-state index in [0.29, 0.717) is 4.83 Å². The van der Waals surface area contributed by atoms with Gasteiger partial charge in [0.25, 0.3) is 0 Å². The third-order valence-corrected chi connectivity index (χ3v) is 7.69. The van der Waals surface area contributed by atoms with E-state index >= 15 is 0 Å². The van der Waals surface area contributed by atoms with E-state index in [-0.39, 0.29) is 24.1 Å². The maximum absolute atomic E-state index is 11.0. The highest BCUT2D eigenvalue weighted by atomic mass is 127. The maximum Gasteiger partial charge on any atom is 0.303 e. The number of rotatable bonds is 2. The fraction of sp³-hybridized carbons (Fsp3) is 0.417. The minimum Gasteiger partial charge on any atom is -0.458 e. The van der Waals surface area contributed by atoms with Gasteiger partial charge in [0.05, 0.1) is 0 Å². The number of carbonyl (C=O) groups is 2. The Morgan fingerprint density at radius 3 is 2.06 bits per heavy atom. The Morgan fingerprint density at radius 2 is 1.42 bits per heavy atom. The molecule has 0 saturated heterocycles. The summed E-state index contributed by atoms with van der Waals surface area (Å²) >= 11 is 8.28. The van der Waals surface area contributed by atoms with Gasteiger partial charge in [-0.05, 0) is 124 Å². The van der Waals surface area contributed by atoms with Crippen LogP contribution in [-0.4, -0.2) is 11.9 Å². The average molecular weight is 711 g/mol. The van der Waals surface area contributed by atoms with Gasteiger partial charge in [0.15, 0.2) is 0 Å². The van der Waals surface area contributed by atoms with Crippen molar-refractivity contribution in [3.63, 3.8) is 0 Å². The number of alkyl halides is 1. The van der Waals surface area contributed by atoms with Gasteiger partial charge in [-0.25, -0.2) is 0 Å². The summed E-state index contributed by atoms with van der Waals surface area (Å²) in [6.45, 7) is 2.94. The molecule has 166 valence electrons. The Bertz CT molecular complexity index is 963. The van der Waals surface area contributed by atoms with E-state index in [1.54, 1.807) is 0 Å². The summed E-state index contributed by atoms with van der Waals surface area (Å²) in [6.07, 6.45) is 4.96. The van der Waals surface area contributed by atoms with Crippen molar-refractivity contribution in [3.8, 4) is 0 Å². The first kappa shape index (κ1) is 25.0. The first-order valence-electron chi connectivity index (χ1n) is 10.3. The second kappa shape index (κ2) is 11.4. The fourth-order valence-electron chi connectivity index (χ4n) is 4.10. The predicted octanol–water partition coefficient (Wildman–Crippen LogP) is 7.36. The highest BCUT2D eigenvalue weighted by Crippen LogP contribution is 2.43. The van der Waals surface area contributed by atoms with Crippen LogP contribution >= 0.6 is 61.1 Å². The third-order valence-electron chi connectivity index (χ3n) is 5.40. The van der Waals surface area contributed by atoms with Crippen LogP contribution in [0.3, 0.4) is 0 Å². The largest absolute Gasteiger partial charge is 0.458 e. The lowest BCUT2D eigenvalue weighted by Gasteiger charge is -2.28. The quantitative estimate of drug-likeness (QED) is 0.186. The summed E-state index contributed by atoms with van der Waals surface area (Å²) in [6, 6.07) is 12.6. The number of benzene rings is 2. The summed E-state index contributed by atoms with van der Waals surface area (Å²) in [7, 11) is 0. The SMILES string of the molecule is CC(=O)OC1CCC(Br)c2cc(I)ccc21.CC(=O)OC1CCCc2cc(I)ccc21. The third kappa shape index (κ3) is 6.90. The predicted molar refractivity (Wildman–Crippen MR) is 141 cm³/mol. The number of hydrogen-bond donors (Lipinski definition) is 0. The van der Waals surface area contributed by atoms with Crippen LogP contribution in [0.15, 0.2) is 36.4 Å². The van der Waals surface area contributed by atoms with Crippen molar-refractivity contribution in [1.29, 1.82) is 0 Å². The van der Waals surface area contributed by atoms with E-state index in [9.17, 15) is 9.59 Å². The normalized spacial score (nSPS) is 21.6. The fourth-order valence-corrected chi connectivity index (χ4v) is 5.83. The Kier molecular flexibility index (Phi) is 9.22. The lowest BCUT2D eigenvalue weighted by atomic mass is 9.89. The number of hydrogen-bond acceptors (Lipinski definition) is 4. The molecule has 7 heteroatoms. The minimum absolute atomic E-state index is 0.0248. The van der Waals surface area contributed by atoms with Crippen LogP contribution in [0.4, 0.5) is 0 Å². The van der Waals surface area contributed by atoms with Crippen LogP contribution in [0.25, 0.3) is 0 Å². The van der Waals surface area contributed by atoms with Gasteiger partial charge in [-0.15, -0.1) is 0 Å². The molecule has 0 aliphatic heterocycles. The second-order valence-corrected chi connectivity index (χ2v) is 11.3. The molecule has 0 N–H and O–H groups in total. The molecule has 2 aromatic carbocycles. The van der Waals surface area contributed by atoms with E-state index in [1.165, 1.54) is 37.7 Å². The highest BCUT2D eigenvalue weighted by Gasteiger charge is 2.27. The summed E-state index contributed by atoms with van der Waals surface area (Å²) in [4.78, 5) is 22.4. The van der Waals surface area contributed by atoms with Crippen LogP contribution in [-0.2, 0) is 25.5 Å². The monoisotopic (exact) mass is 710 g/mol. The molecule has 4 nitrogen and oxygen atoms in total. The van der Waals surface area contributed by atoms with Crippen molar-refractivity contribution in [2.24, 2.45) is 0 Å². The molecule has 0 radical (unpaired) electrons. The number of carbonyl (C=O) groups excluding carboxylic acids is 2. The topological polar surface area (TPSA) is 52.6 Å². The van der Waals surface area contributed by atoms with E-state index in [1.807, 2.05) is 0 Å². The maximum atomic E-state index is 11.0. The van der Waals surface area contributed by atoms with E-state index in [0.717, 1.165) is 37.7 Å². The van der Waals surface area contributed by atoms with Gasteiger partial charge in [0.1, 0.15) is 12.2 Å². The number of ether oxygens (including phenoxy) is 2. The molecule has 2 aliphatic carbocycles. The zero-order valence-corrected chi connectivity index (χ0v) is 23.4. The number of esters is 2. The smallest absolute Gasteiger partial charge is 0.303 e. The summed E-state index contributed by atoms with van der Waals surface area (Å²) < 4.78 is 13.1. The molecule has 0 saturated carbocycles. The number of aryl methyl sites for hydroxylation is 1. The van der Waals surface area contributed by atoms with Crippen LogP contribution in [0.5, 0.6) is 0 Å². The van der Waals surface area contributed by atoms with Crippen molar-refractivity contribution in [1.82, 2.24) is 0 Å². The number of halogens is 3. The zero-order valence-electron chi connectivity index (χ0n) is 17.5. The van der Waals surface area contributed by atoms with Crippen molar-refractivity contribution >= 4 is 73.1 Å². The molecular formula is C24H25BrI2O4. The Balaban J connectivity index is 0.000000176. The molecule has 3 unspecified atom stereocenters. The van der Waals surface area contributed by atoms with Gasteiger partial charge in [0, 0.05) is 25.8 Å². The van der Waals surface area contributed by atoms with Crippen molar-refractivity contribution in [2.45, 2.75) is 63.0 Å². The molecular weight excluding hydrogens is 686 g/mol. The molecule has 31 heavy (non-hydrogen) atoms. The molecule has 0 fully saturated rings. The first-order valence-corrected chi connectivity index (χ1v) is 13.4. The molecule has 0 spiro atoms. The molecule has 0 bridgehead atoms. The van der Waals surface area contributed by atoms with Gasteiger partial charge in [0.2, 0.25) is 0 Å². The van der Waals surface area contributed by atoms with Crippen molar-refractivity contribution in [2.75, 3.05) is 0 Å². The van der Waals surface area contributed by atoms with Gasteiger partial charge >= 0.3 is 11.9 Å². The van der Waals surface area contributed by atoms with E-state index in [2.05, 4.69) is 97.5 Å². The van der Waals surface area contributed by atoms with E-state index < -0.39 is 0 Å². The molecule has 0 amide bonds. The van der Waals surface area contributed by atoms with Crippen molar-refractivity contribution < 1.29 is 19.1 Å². The Labute approximate surface area is 219 Å². The summed E-state index contributed by atoms with van der Waals surface area (Å²) in [5.74, 6) is -0.395. The Hall–Kier alpha value is -0.680. The summed E-state index contributed by atoms with van der Waals surface area (Å²) in [5.41, 5.74) is 4.92. The molecule has 3 atom stereocenters. The van der Waals surface area contributed by atoms with Crippen LogP contribution in [0.1, 0.15) is 78.8 Å².